The van der Waals surface area contributed by atoms with E-state index in [-0.39, 0.29) is 19.2 Å². The summed E-state index contributed by atoms with van der Waals surface area (Å²) in [5.74, 6) is 0.995. The molecule has 0 radical (unpaired) electrons. The van der Waals surface area contributed by atoms with Gasteiger partial charge in [-0.15, -0.1) is 0 Å². The zero-order valence-electron chi connectivity index (χ0n) is 11.4. The van der Waals surface area contributed by atoms with Gasteiger partial charge in [-0.25, -0.2) is 4.39 Å². The average Bonchev–Trinajstić information content (AvgIpc) is 2.94. The topological polar surface area (TPSA) is 42.5 Å². The summed E-state index contributed by atoms with van der Waals surface area (Å²) in [7, 11) is 0. The lowest BCUT2D eigenvalue weighted by Gasteiger charge is -2.11. The van der Waals surface area contributed by atoms with Gasteiger partial charge in [0.1, 0.15) is 5.82 Å². The molecule has 0 amide bonds. The molecule has 22 heavy (non-hydrogen) atoms. The van der Waals surface area contributed by atoms with Crippen molar-refractivity contribution in [1.29, 1.82) is 0 Å². The normalized spacial score (nSPS) is 12.1. The van der Waals surface area contributed by atoms with E-state index in [1.54, 1.807) is 24.3 Å². The molecule has 1 heterocycles. The zero-order chi connectivity index (χ0) is 15.5. The Kier molecular flexibility index (Phi) is 4.31. The zero-order valence-corrected chi connectivity index (χ0v) is 12.9. The summed E-state index contributed by atoms with van der Waals surface area (Å²) in [6.45, 7) is 0.483. The lowest BCUT2D eigenvalue weighted by molar-refractivity contribution is 0.174. The lowest BCUT2D eigenvalue weighted by Crippen LogP contribution is -2.28. The van der Waals surface area contributed by atoms with Crippen LogP contribution >= 0.6 is 23.8 Å². The Bertz CT molecular complexity index is 727. The monoisotopic (exact) mass is 338 g/mol. The number of ether oxygens (including phenoxy) is 2. The molecule has 0 aromatic heterocycles. The lowest BCUT2D eigenvalue weighted by atomic mass is 10.2. The van der Waals surface area contributed by atoms with Gasteiger partial charge in [0, 0.05) is 28.9 Å². The van der Waals surface area contributed by atoms with Crippen molar-refractivity contribution in [3.8, 4) is 11.5 Å². The summed E-state index contributed by atoms with van der Waals surface area (Å²) < 4.78 is 24.2. The van der Waals surface area contributed by atoms with E-state index in [2.05, 4.69) is 10.6 Å². The number of halogens is 2. The molecule has 2 aromatic rings. The van der Waals surface area contributed by atoms with Crippen LogP contribution in [0.25, 0.3) is 0 Å². The highest BCUT2D eigenvalue weighted by molar-refractivity contribution is 7.80. The number of benzene rings is 2. The maximum Gasteiger partial charge on any atom is 0.231 e. The van der Waals surface area contributed by atoms with Gasteiger partial charge in [-0.1, -0.05) is 17.7 Å². The van der Waals surface area contributed by atoms with Crippen LogP contribution in [0.5, 0.6) is 11.5 Å². The van der Waals surface area contributed by atoms with Crippen molar-refractivity contribution in [2.75, 3.05) is 12.1 Å². The van der Waals surface area contributed by atoms with Gasteiger partial charge in [-0.2, -0.15) is 0 Å². The van der Waals surface area contributed by atoms with E-state index in [9.17, 15) is 4.39 Å². The third kappa shape index (κ3) is 3.40. The van der Waals surface area contributed by atoms with Crippen LogP contribution < -0.4 is 20.1 Å². The Labute approximate surface area is 137 Å². The van der Waals surface area contributed by atoms with Crippen LogP contribution in [0, 0.1) is 5.82 Å². The molecule has 2 aromatic carbocycles. The molecule has 0 fully saturated rings. The molecule has 1 aliphatic rings. The molecule has 7 heteroatoms. The van der Waals surface area contributed by atoms with Crippen LogP contribution in [-0.2, 0) is 6.54 Å². The van der Waals surface area contributed by atoms with Crippen LogP contribution in [0.15, 0.2) is 36.4 Å². The second-order valence-electron chi connectivity index (χ2n) is 4.61. The van der Waals surface area contributed by atoms with Gasteiger partial charge in [-0.3, -0.25) is 0 Å². The quantitative estimate of drug-likeness (QED) is 0.835. The predicted molar refractivity (Wildman–Crippen MR) is 87.0 cm³/mol. The summed E-state index contributed by atoms with van der Waals surface area (Å²) in [5.41, 5.74) is 1.25. The maximum absolute atomic E-state index is 13.7. The van der Waals surface area contributed by atoms with Crippen molar-refractivity contribution in [3.05, 3.63) is 52.8 Å². The number of thiocarbonyl (C=S) groups is 1. The highest BCUT2D eigenvalue weighted by Crippen LogP contribution is 2.34. The molecule has 0 atom stereocenters. The smallest absolute Gasteiger partial charge is 0.231 e. The van der Waals surface area contributed by atoms with E-state index in [4.69, 9.17) is 33.3 Å². The predicted octanol–water partition coefficient (Wildman–Crippen LogP) is 3.69. The average molecular weight is 339 g/mol. The SMILES string of the molecule is Fc1cc(Cl)ccc1CNC(=S)Nc1ccc2c(c1)OCO2. The molecule has 4 nitrogen and oxygen atoms in total. The summed E-state index contributed by atoms with van der Waals surface area (Å²) in [6, 6.07) is 9.94. The first kappa shape index (κ1) is 14.9. The van der Waals surface area contributed by atoms with Crippen molar-refractivity contribution < 1.29 is 13.9 Å². The van der Waals surface area contributed by atoms with Gasteiger partial charge < -0.3 is 20.1 Å². The van der Waals surface area contributed by atoms with Crippen LogP contribution in [0.2, 0.25) is 5.02 Å². The van der Waals surface area contributed by atoms with Gasteiger partial charge in [0.25, 0.3) is 0 Å². The molecule has 0 spiro atoms. The molecular formula is C15H12ClFN2O2S. The highest BCUT2D eigenvalue weighted by atomic mass is 35.5. The van der Waals surface area contributed by atoms with Crippen molar-refractivity contribution in [2.24, 2.45) is 0 Å². The van der Waals surface area contributed by atoms with Crippen molar-refractivity contribution in [1.82, 2.24) is 5.32 Å². The van der Waals surface area contributed by atoms with E-state index < -0.39 is 0 Å². The summed E-state index contributed by atoms with van der Waals surface area (Å²) in [4.78, 5) is 0. The van der Waals surface area contributed by atoms with Gasteiger partial charge in [0.05, 0.1) is 0 Å². The highest BCUT2D eigenvalue weighted by Gasteiger charge is 2.13. The first-order valence-electron chi connectivity index (χ1n) is 6.50. The Hall–Kier alpha value is -2.05. The minimum Gasteiger partial charge on any atom is -0.454 e. The molecule has 0 saturated heterocycles. The Balaban J connectivity index is 1.58. The summed E-state index contributed by atoms with van der Waals surface area (Å²) in [5, 5.41) is 6.70. The Morgan fingerprint density at radius 1 is 1.18 bits per heavy atom. The standard InChI is InChI=1S/C15H12ClFN2O2S/c16-10-2-1-9(12(17)5-10)7-18-15(22)19-11-3-4-13-14(6-11)21-8-20-13/h1-6H,7-8H2,(H2,18,19,22). The molecule has 0 saturated carbocycles. The van der Waals surface area contributed by atoms with Crippen molar-refractivity contribution >= 4 is 34.6 Å². The van der Waals surface area contributed by atoms with Crippen molar-refractivity contribution in [3.63, 3.8) is 0 Å². The maximum atomic E-state index is 13.7. The second kappa shape index (κ2) is 6.37. The molecular weight excluding hydrogens is 327 g/mol. The second-order valence-corrected chi connectivity index (χ2v) is 5.46. The Morgan fingerprint density at radius 3 is 2.82 bits per heavy atom. The van der Waals surface area contributed by atoms with E-state index in [0.717, 1.165) is 5.69 Å². The largest absolute Gasteiger partial charge is 0.454 e. The number of hydrogen-bond donors (Lipinski definition) is 2. The molecule has 0 unspecified atom stereocenters. The first-order chi connectivity index (χ1) is 10.6. The number of anilines is 1. The van der Waals surface area contributed by atoms with Gasteiger partial charge in [0.15, 0.2) is 16.6 Å². The molecule has 3 rings (SSSR count). The number of fused-ring (bicyclic) bond motifs is 1. The number of nitrogens with one attached hydrogen (secondary N) is 2. The minimum atomic E-state index is -0.370. The van der Waals surface area contributed by atoms with Crippen LogP contribution in [0.1, 0.15) is 5.56 Å². The van der Waals surface area contributed by atoms with Gasteiger partial charge in [-0.05, 0) is 36.5 Å². The number of hydrogen-bond acceptors (Lipinski definition) is 3. The first-order valence-corrected chi connectivity index (χ1v) is 7.29. The van der Waals surface area contributed by atoms with E-state index in [0.29, 0.717) is 27.2 Å². The molecule has 2 N–H and O–H groups in total. The third-order valence-electron chi connectivity index (χ3n) is 3.08. The summed E-state index contributed by atoms with van der Waals surface area (Å²) >= 11 is 10.9. The van der Waals surface area contributed by atoms with Crippen molar-refractivity contribution in [2.45, 2.75) is 6.54 Å². The fraction of sp³-hybridized carbons (Fsp3) is 0.133. The van der Waals surface area contributed by atoms with E-state index in [1.807, 2.05) is 6.07 Å². The third-order valence-corrected chi connectivity index (χ3v) is 3.57. The molecule has 1 aliphatic heterocycles. The van der Waals surface area contributed by atoms with Crippen LogP contribution in [0.4, 0.5) is 10.1 Å². The van der Waals surface area contributed by atoms with Crippen LogP contribution in [0.3, 0.4) is 0 Å². The van der Waals surface area contributed by atoms with Crippen LogP contribution in [-0.4, -0.2) is 11.9 Å². The number of rotatable bonds is 3. The van der Waals surface area contributed by atoms with Gasteiger partial charge in [0.2, 0.25) is 6.79 Å². The Morgan fingerprint density at radius 2 is 2.00 bits per heavy atom. The minimum absolute atomic E-state index is 0.220. The molecule has 114 valence electrons. The van der Waals surface area contributed by atoms with E-state index in [1.165, 1.54) is 6.07 Å². The van der Waals surface area contributed by atoms with E-state index >= 15 is 0 Å². The summed E-state index contributed by atoms with van der Waals surface area (Å²) in [6.07, 6.45) is 0. The molecule has 0 aliphatic carbocycles. The fourth-order valence-corrected chi connectivity index (χ4v) is 2.34. The van der Waals surface area contributed by atoms with Gasteiger partial charge >= 0.3 is 0 Å². The fourth-order valence-electron chi connectivity index (χ4n) is 1.99. The molecule has 0 bridgehead atoms.